The Balaban J connectivity index is 0.00000324. The van der Waals surface area contributed by atoms with Crippen LogP contribution in [0.1, 0.15) is 17.3 Å². The number of carbonyl (C=O) groups is 1. The van der Waals surface area contributed by atoms with Gasteiger partial charge in [-0.25, -0.2) is 4.98 Å². The molecule has 6 nitrogen and oxygen atoms in total. The summed E-state index contributed by atoms with van der Waals surface area (Å²) >= 11 is 1.50. The molecule has 0 saturated heterocycles. The summed E-state index contributed by atoms with van der Waals surface area (Å²) in [6, 6.07) is 22.6. The van der Waals surface area contributed by atoms with Crippen LogP contribution < -0.4 is 14.4 Å². The zero-order valence-electron chi connectivity index (χ0n) is 19.4. The Morgan fingerprint density at radius 1 is 0.912 bits per heavy atom. The van der Waals surface area contributed by atoms with E-state index in [4.69, 9.17) is 14.5 Å². The Kier molecular flexibility index (Phi) is 8.87. The van der Waals surface area contributed by atoms with E-state index in [1.165, 1.54) is 11.3 Å². The number of hydrogen-bond acceptors (Lipinski definition) is 6. The van der Waals surface area contributed by atoms with E-state index < -0.39 is 0 Å². The van der Waals surface area contributed by atoms with Gasteiger partial charge in [0.15, 0.2) is 5.13 Å². The number of aromatic nitrogens is 1. The highest BCUT2D eigenvalue weighted by Crippen LogP contribution is 2.32. The van der Waals surface area contributed by atoms with Gasteiger partial charge < -0.3 is 14.4 Å². The van der Waals surface area contributed by atoms with Crippen LogP contribution in [0.5, 0.6) is 17.2 Å². The number of likely N-dealkylation sites (N-methyl/N-ethyl adjacent to an activating group) is 1. The van der Waals surface area contributed by atoms with Crippen molar-refractivity contribution in [2.45, 2.75) is 6.92 Å². The van der Waals surface area contributed by atoms with Crippen LogP contribution in [0.15, 0.2) is 72.8 Å². The van der Waals surface area contributed by atoms with Gasteiger partial charge in [0, 0.05) is 18.7 Å². The van der Waals surface area contributed by atoms with Gasteiger partial charge in [-0.05, 0) is 75.6 Å². The highest BCUT2D eigenvalue weighted by atomic mass is 35.5. The molecule has 0 aliphatic rings. The first-order chi connectivity index (χ1) is 16.0. The first-order valence-corrected chi connectivity index (χ1v) is 11.7. The minimum Gasteiger partial charge on any atom is -0.494 e. The number of hydrogen-bond donors (Lipinski definition) is 0. The summed E-state index contributed by atoms with van der Waals surface area (Å²) in [5.74, 6) is 2.15. The second-order valence-corrected chi connectivity index (χ2v) is 8.77. The SMILES string of the molecule is CCOc1ccc2nc(N(CCN(C)C)C(=O)c3ccc(Oc4ccccc4)cc3)sc2c1.Cl. The molecule has 1 aromatic heterocycles. The maximum atomic E-state index is 13.5. The Morgan fingerprint density at radius 3 is 2.26 bits per heavy atom. The average Bonchev–Trinajstić information content (AvgIpc) is 3.23. The van der Waals surface area contributed by atoms with E-state index in [-0.39, 0.29) is 18.3 Å². The number of thiazole rings is 1. The largest absolute Gasteiger partial charge is 0.494 e. The molecule has 8 heteroatoms. The number of fused-ring (bicyclic) bond motifs is 1. The summed E-state index contributed by atoms with van der Waals surface area (Å²) in [4.78, 5) is 22.0. The molecule has 0 unspecified atom stereocenters. The Labute approximate surface area is 210 Å². The summed E-state index contributed by atoms with van der Waals surface area (Å²) in [6.45, 7) is 3.82. The molecule has 0 atom stereocenters. The second-order valence-electron chi connectivity index (χ2n) is 7.76. The van der Waals surface area contributed by atoms with Gasteiger partial charge in [0.05, 0.1) is 16.8 Å². The van der Waals surface area contributed by atoms with Crippen LogP contribution in [-0.4, -0.2) is 49.6 Å². The minimum absolute atomic E-state index is 0. The maximum absolute atomic E-state index is 13.5. The highest BCUT2D eigenvalue weighted by Gasteiger charge is 2.22. The Bertz CT molecular complexity index is 1210. The van der Waals surface area contributed by atoms with Crippen LogP contribution in [0, 0.1) is 0 Å². The maximum Gasteiger partial charge on any atom is 0.260 e. The van der Waals surface area contributed by atoms with Gasteiger partial charge >= 0.3 is 0 Å². The van der Waals surface area contributed by atoms with Crippen LogP contribution in [0.25, 0.3) is 10.2 Å². The molecule has 0 fully saturated rings. The molecule has 4 rings (SSSR count). The number of halogens is 1. The fourth-order valence-corrected chi connectivity index (χ4v) is 4.31. The molecule has 4 aromatic rings. The molecule has 0 bridgehead atoms. The van der Waals surface area contributed by atoms with Crippen molar-refractivity contribution in [1.29, 1.82) is 0 Å². The van der Waals surface area contributed by atoms with Crippen molar-refractivity contribution >= 4 is 45.0 Å². The van der Waals surface area contributed by atoms with E-state index >= 15 is 0 Å². The van der Waals surface area contributed by atoms with Crippen molar-refractivity contribution < 1.29 is 14.3 Å². The molecule has 0 spiro atoms. The molecule has 0 saturated carbocycles. The first kappa shape index (κ1) is 25.5. The molecule has 34 heavy (non-hydrogen) atoms. The predicted octanol–water partition coefficient (Wildman–Crippen LogP) is 6.12. The van der Waals surface area contributed by atoms with Crippen LogP contribution in [0.3, 0.4) is 0 Å². The number of ether oxygens (including phenoxy) is 2. The smallest absolute Gasteiger partial charge is 0.260 e. The monoisotopic (exact) mass is 497 g/mol. The quantitative estimate of drug-likeness (QED) is 0.279. The average molecular weight is 498 g/mol. The van der Waals surface area contributed by atoms with Crippen molar-refractivity contribution in [3.05, 3.63) is 78.4 Å². The molecule has 1 heterocycles. The fourth-order valence-electron chi connectivity index (χ4n) is 3.29. The van der Waals surface area contributed by atoms with E-state index in [2.05, 4.69) is 4.90 Å². The number of nitrogens with zero attached hydrogens (tertiary/aromatic N) is 3. The number of rotatable bonds is 9. The lowest BCUT2D eigenvalue weighted by molar-refractivity contribution is 0.0985. The molecular weight excluding hydrogens is 470 g/mol. The summed E-state index contributed by atoms with van der Waals surface area (Å²) in [6.07, 6.45) is 0. The van der Waals surface area contributed by atoms with E-state index in [0.717, 1.165) is 28.3 Å². The van der Waals surface area contributed by atoms with Crippen molar-refractivity contribution in [2.24, 2.45) is 0 Å². The molecule has 178 valence electrons. The van der Waals surface area contributed by atoms with Crippen molar-refractivity contribution in [3.8, 4) is 17.2 Å². The second kappa shape index (κ2) is 11.8. The Morgan fingerprint density at radius 2 is 1.59 bits per heavy atom. The summed E-state index contributed by atoms with van der Waals surface area (Å²) in [7, 11) is 3.98. The first-order valence-electron chi connectivity index (χ1n) is 10.9. The summed E-state index contributed by atoms with van der Waals surface area (Å²) in [5, 5.41) is 0.676. The van der Waals surface area contributed by atoms with Gasteiger partial charge in [-0.2, -0.15) is 0 Å². The predicted molar refractivity (Wildman–Crippen MR) is 141 cm³/mol. The molecule has 0 aliphatic carbocycles. The third-order valence-electron chi connectivity index (χ3n) is 4.99. The summed E-state index contributed by atoms with van der Waals surface area (Å²) in [5.41, 5.74) is 1.44. The van der Waals surface area contributed by atoms with Crippen molar-refractivity contribution in [3.63, 3.8) is 0 Å². The molecule has 0 radical (unpaired) electrons. The van der Waals surface area contributed by atoms with Gasteiger partial charge in [-0.3, -0.25) is 9.69 Å². The van der Waals surface area contributed by atoms with Crippen LogP contribution >= 0.6 is 23.7 Å². The zero-order valence-corrected chi connectivity index (χ0v) is 21.1. The van der Waals surface area contributed by atoms with E-state index in [1.807, 2.05) is 81.7 Å². The van der Waals surface area contributed by atoms with Crippen molar-refractivity contribution in [2.75, 3.05) is 38.7 Å². The van der Waals surface area contributed by atoms with Gasteiger partial charge in [-0.1, -0.05) is 29.5 Å². The molecule has 0 aliphatic heterocycles. The molecule has 1 amide bonds. The van der Waals surface area contributed by atoms with Crippen molar-refractivity contribution in [1.82, 2.24) is 9.88 Å². The van der Waals surface area contributed by atoms with Gasteiger partial charge in [0.2, 0.25) is 0 Å². The number of carbonyl (C=O) groups excluding carboxylic acids is 1. The van der Waals surface area contributed by atoms with Crippen LogP contribution in [-0.2, 0) is 0 Å². The number of anilines is 1. The number of benzene rings is 3. The lowest BCUT2D eigenvalue weighted by Crippen LogP contribution is -2.36. The fraction of sp³-hybridized carbons (Fsp3) is 0.231. The summed E-state index contributed by atoms with van der Waals surface area (Å²) < 4.78 is 12.5. The van der Waals surface area contributed by atoms with E-state index in [0.29, 0.717) is 29.6 Å². The number of para-hydroxylation sites is 1. The highest BCUT2D eigenvalue weighted by molar-refractivity contribution is 7.22. The topological polar surface area (TPSA) is 54.9 Å². The lowest BCUT2D eigenvalue weighted by atomic mass is 10.2. The molecule has 0 N–H and O–H groups in total. The Hall–Kier alpha value is -3.13. The van der Waals surface area contributed by atoms with Crippen LogP contribution in [0.4, 0.5) is 5.13 Å². The molecule has 3 aromatic carbocycles. The van der Waals surface area contributed by atoms with Gasteiger partial charge in [0.1, 0.15) is 17.2 Å². The van der Waals surface area contributed by atoms with E-state index in [1.54, 1.807) is 17.0 Å². The minimum atomic E-state index is -0.0906. The standard InChI is InChI=1S/C26H27N3O3S.ClH/c1-4-31-22-14-15-23-24(18-22)33-26(27-23)29(17-16-28(2)3)25(30)19-10-12-21(13-11-19)32-20-8-6-5-7-9-20;/h5-15,18H,4,16-17H2,1-3H3;1H. The van der Waals surface area contributed by atoms with Crippen LogP contribution in [0.2, 0.25) is 0 Å². The third kappa shape index (κ3) is 6.26. The normalized spacial score (nSPS) is 10.7. The lowest BCUT2D eigenvalue weighted by Gasteiger charge is -2.22. The molecular formula is C26H28ClN3O3S. The zero-order chi connectivity index (χ0) is 23.2. The van der Waals surface area contributed by atoms with E-state index in [9.17, 15) is 4.79 Å². The number of amides is 1. The third-order valence-corrected chi connectivity index (χ3v) is 6.03. The van der Waals surface area contributed by atoms with Gasteiger partial charge in [-0.15, -0.1) is 12.4 Å². The van der Waals surface area contributed by atoms with Gasteiger partial charge in [0.25, 0.3) is 5.91 Å².